The van der Waals surface area contributed by atoms with Gasteiger partial charge in [0, 0.05) is 0 Å². The molecule has 6 nitrogen and oxygen atoms in total. The number of nitrogens with one attached hydrogen (secondary N) is 1. The number of nitrogens with zero attached hydrogens (tertiary/aromatic N) is 2. The van der Waals surface area contributed by atoms with Crippen LogP contribution < -0.4 is 10.9 Å². The van der Waals surface area contributed by atoms with Crippen LogP contribution in [-0.4, -0.2) is 28.9 Å². The van der Waals surface area contributed by atoms with Gasteiger partial charge in [0.1, 0.15) is 11.0 Å². The summed E-state index contributed by atoms with van der Waals surface area (Å²) in [6, 6.07) is -0.186. The number of anilines is 1. The van der Waals surface area contributed by atoms with E-state index in [-0.39, 0.29) is 17.1 Å². The molecule has 0 aliphatic carbocycles. The van der Waals surface area contributed by atoms with E-state index in [1.165, 1.54) is 13.3 Å². The lowest BCUT2D eigenvalue weighted by Crippen LogP contribution is -2.29. The number of methoxy groups -OCH3 is 1. The van der Waals surface area contributed by atoms with Crippen molar-refractivity contribution in [2.24, 2.45) is 0 Å². The van der Waals surface area contributed by atoms with Crippen molar-refractivity contribution < 1.29 is 9.53 Å². The van der Waals surface area contributed by atoms with E-state index in [9.17, 15) is 9.59 Å². The summed E-state index contributed by atoms with van der Waals surface area (Å²) >= 11 is 3.17. The third-order valence-corrected chi connectivity index (χ3v) is 3.20. The Morgan fingerprint density at radius 3 is 2.95 bits per heavy atom. The maximum absolute atomic E-state index is 12.0. The van der Waals surface area contributed by atoms with Crippen molar-refractivity contribution in [2.75, 3.05) is 12.4 Å². The second kappa shape index (κ2) is 6.95. The molecule has 1 heterocycles. The largest absolute Gasteiger partial charge is 0.468 e. The minimum Gasteiger partial charge on any atom is -0.468 e. The molecule has 0 amide bonds. The Hall–Kier alpha value is -1.81. The third-order valence-electron chi connectivity index (χ3n) is 2.43. The maximum atomic E-state index is 12.0. The van der Waals surface area contributed by atoms with E-state index in [0.717, 1.165) is 4.68 Å². The second-order valence-corrected chi connectivity index (χ2v) is 4.48. The zero-order valence-corrected chi connectivity index (χ0v) is 12.2. The predicted octanol–water partition coefficient (Wildman–Crippen LogP) is 1.00. The summed E-state index contributed by atoms with van der Waals surface area (Å²) in [5, 5.41) is 6.90. The Kier molecular flexibility index (Phi) is 5.57. The average Bonchev–Trinajstić information content (AvgIpc) is 2.43. The lowest BCUT2D eigenvalue weighted by atomic mass is 10.2. The van der Waals surface area contributed by atoms with Gasteiger partial charge in [0.2, 0.25) is 0 Å². The quantitative estimate of drug-likeness (QED) is 0.645. The molecule has 0 fully saturated rings. The highest BCUT2D eigenvalue weighted by atomic mass is 79.9. The van der Waals surface area contributed by atoms with Crippen molar-refractivity contribution >= 4 is 27.6 Å². The topological polar surface area (TPSA) is 73.2 Å². The number of halogens is 1. The van der Waals surface area contributed by atoms with Crippen molar-refractivity contribution in [3.63, 3.8) is 0 Å². The molecule has 0 radical (unpaired) electrons. The fourth-order valence-electron chi connectivity index (χ4n) is 1.31. The summed E-state index contributed by atoms with van der Waals surface area (Å²) in [6.07, 6.45) is 7.50. The number of carbonyl (C=O) groups excluding carboxylic acids is 1. The van der Waals surface area contributed by atoms with Gasteiger partial charge in [0.05, 0.1) is 25.0 Å². The van der Waals surface area contributed by atoms with Gasteiger partial charge in [-0.25, -0.2) is 4.68 Å². The lowest BCUT2D eigenvalue weighted by molar-refractivity contribution is -0.141. The van der Waals surface area contributed by atoms with Crippen molar-refractivity contribution in [3.8, 4) is 12.3 Å². The molecule has 0 bridgehead atoms. The summed E-state index contributed by atoms with van der Waals surface area (Å²) in [4.78, 5) is 23.1. The van der Waals surface area contributed by atoms with Crippen LogP contribution in [0, 0.1) is 12.3 Å². The number of esters is 1. The van der Waals surface area contributed by atoms with E-state index in [0.29, 0.717) is 12.1 Å². The molecule has 1 atom stereocenters. The zero-order valence-electron chi connectivity index (χ0n) is 10.6. The highest BCUT2D eigenvalue weighted by Gasteiger charge is 2.13. The molecule has 0 saturated carbocycles. The normalized spacial score (nSPS) is 11.5. The van der Waals surface area contributed by atoms with Crippen LogP contribution in [0.2, 0.25) is 0 Å². The monoisotopic (exact) mass is 327 g/mol. The van der Waals surface area contributed by atoms with E-state index in [2.05, 4.69) is 37.0 Å². The van der Waals surface area contributed by atoms with E-state index >= 15 is 0 Å². The molecule has 1 rings (SSSR count). The Balaban J connectivity index is 3.01. The second-order valence-electron chi connectivity index (χ2n) is 3.68. The predicted molar refractivity (Wildman–Crippen MR) is 74.7 cm³/mol. The highest BCUT2D eigenvalue weighted by Crippen LogP contribution is 2.17. The van der Waals surface area contributed by atoms with Crippen LogP contribution in [0.15, 0.2) is 15.5 Å². The number of terminal acetylenes is 1. The van der Waals surface area contributed by atoms with Crippen LogP contribution in [0.4, 0.5) is 5.69 Å². The van der Waals surface area contributed by atoms with Gasteiger partial charge in [-0.3, -0.25) is 9.59 Å². The van der Waals surface area contributed by atoms with E-state index in [4.69, 9.17) is 6.42 Å². The fourth-order valence-corrected chi connectivity index (χ4v) is 1.74. The van der Waals surface area contributed by atoms with E-state index in [1.807, 2.05) is 6.92 Å². The van der Waals surface area contributed by atoms with E-state index < -0.39 is 11.5 Å². The Morgan fingerprint density at radius 2 is 2.42 bits per heavy atom. The summed E-state index contributed by atoms with van der Waals surface area (Å²) in [6.45, 7) is 1.69. The molecule has 1 aromatic heterocycles. The number of aromatic nitrogens is 2. The molecular formula is C12H14BrN3O3. The molecule has 19 heavy (non-hydrogen) atoms. The maximum Gasteiger partial charge on any atom is 0.327 e. The Morgan fingerprint density at radius 1 is 1.74 bits per heavy atom. The molecule has 1 aromatic rings. The molecule has 0 spiro atoms. The highest BCUT2D eigenvalue weighted by molar-refractivity contribution is 9.10. The minimum absolute atomic E-state index is 0.186. The summed E-state index contributed by atoms with van der Waals surface area (Å²) in [5.41, 5.74) is 0.0678. The standard InChI is InChI=1S/C12H14BrN3O3/c1-4-8(5-2)15-9-6-14-16(7-10(17)19-3)12(18)11(9)13/h1,6,8,15H,5,7H2,2-3H3. The molecule has 0 aliphatic heterocycles. The molecule has 0 aliphatic rings. The Labute approximate surface area is 119 Å². The van der Waals surface area contributed by atoms with Crippen LogP contribution in [0.3, 0.4) is 0 Å². The van der Waals surface area contributed by atoms with Crippen LogP contribution in [-0.2, 0) is 16.1 Å². The SMILES string of the molecule is C#CC(CC)Nc1cnn(CC(=O)OC)c(=O)c1Br. The Bertz CT molecular complexity index is 562. The van der Waals surface area contributed by atoms with Gasteiger partial charge in [-0.2, -0.15) is 5.10 Å². The van der Waals surface area contributed by atoms with Crippen LogP contribution in [0.25, 0.3) is 0 Å². The summed E-state index contributed by atoms with van der Waals surface area (Å²) < 4.78 is 5.77. The van der Waals surface area contributed by atoms with Crippen LogP contribution >= 0.6 is 15.9 Å². The van der Waals surface area contributed by atoms with Gasteiger partial charge in [-0.1, -0.05) is 12.8 Å². The third kappa shape index (κ3) is 3.83. The molecule has 7 heteroatoms. The van der Waals surface area contributed by atoms with Gasteiger partial charge in [0.25, 0.3) is 5.56 Å². The zero-order chi connectivity index (χ0) is 14.4. The molecule has 1 unspecified atom stereocenters. The van der Waals surface area contributed by atoms with Crippen molar-refractivity contribution in [1.29, 1.82) is 0 Å². The summed E-state index contributed by atoms with van der Waals surface area (Å²) in [7, 11) is 1.25. The molecule has 102 valence electrons. The van der Waals surface area contributed by atoms with Crippen molar-refractivity contribution in [3.05, 3.63) is 21.0 Å². The number of rotatable bonds is 5. The fraction of sp³-hybridized carbons (Fsp3) is 0.417. The number of ether oxygens (including phenoxy) is 1. The summed E-state index contributed by atoms with van der Waals surface area (Å²) in [5.74, 6) is 2.02. The lowest BCUT2D eigenvalue weighted by Gasteiger charge is -2.13. The first kappa shape index (κ1) is 15.2. The number of carbonyl (C=O) groups is 1. The van der Waals surface area contributed by atoms with Crippen molar-refractivity contribution in [2.45, 2.75) is 25.9 Å². The van der Waals surface area contributed by atoms with Crippen LogP contribution in [0.5, 0.6) is 0 Å². The first-order chi connectivity index (χ1) is 9.03. The molecule has 1 N–H and O–H groups in total. The molecular weight excluding hydrogens is 314 g/mol. The van der Waals surface area contributed by atoms with Gasteiger partial charge in [-0.05, 0) is 22.4 Å². The first-order valence-electron chi connectivity index (χ1n) is 5.58. The van der Waals surface area contributed by atoms with Crippen LogP contribution in [0.1, 0.15) is 13.3 Å². The number of hydrogen-bond acceptors (Lipinski definition) is 5. The molecule has 0 aromatic carbocycles. The number of hydrogen-bond donors (Lipinski definition) is 1. The van der Waals surface area contributed by atoms with Gasteiger partial charge < -0.3 is 10.1 Å². The van der Waals surface area contributed by atoms with Gasteiger partial charge in [-0.15, -0.1) is 6.42 Å². The minimum atomic E-state index is -0.544. The first-order valence-corrected chi connectivity index (χ1v) is 6.37. The van der Waals surface area contributed by atoms with Gasteiger partial charge >= 0.3 is 5.97 Å². The molecule has 0 saturated heterocycles. The van der Waals surface area contributed by atoms with Crippen molar-refractivity contribution in [1.82, 2.24) is 9.78 Å². The van der Waals surface area contributed by atoms with Gasteiger partial charge in [0.15, 0.2) is 0 Å². The average molecular weight is 328 g/mol. The smallest absolute Gasteiger partial charge is 0.327 e. The van der Waals surface area contributed by atoms with E-state index in [1.54, 1.807) is 0 Å².